The SMILES string of the molecule is Cc1cc(C)cc([C@@H]2CCN(C(=O)c3cccnc3)C2)c1. The Balaban J connectivity index is 1.75. The molecule has 1 aromatic heterocycles. The molecule has 3 rings (SSSR count). The summed E-state index contributed by atoms with van der Waals surface area (Å²) < 4.78 is 0. The first-order valence-electron chi connectivity index (χ1n) is 7.41. The van der Waals surface area contributed by atoms with Crippen LogP contribution in [0, 0.1) is 13.8 Å². The van der Waals surface area contributed by atoms with Gasteiger partial charge in [-0.25, -0.2) is 0 Å². The van der Waals surface area contributed by atoms with Crippen molar-refractivity contribution in [3.05, 3.63) is 65.0 Å². The molecule has 2 heterocycles. The number of pyridine rings is 1. The van der Waals surface area contributed by atoms with E-state index in [1.807, 2.05) is 17.0 Å². The van der Waals surface area contributed by atoms with Crippen molar-refractivity contribution in [2.24, 2.45) is 0 Å². The summed E-state index contributed by atoms with van der Waals surface area (Å²) in [7, 11) is 0. The highest BCUT2D eigenvalue weighted by atomic mass is 16.2. The molecule has 2 aromatic rings. The Labute approximate surface area is 125 Å². The molecule has 108 valence electrons. The molecule has 1 atom stereocenters. The van der Waals surface area contributed by atoms with Crippen LogP contribution < -0.4 is 0 Å². The maximum absolute atomic E-state index is 12.4. The number of carbonyl (C=O) groups is 1. The van der Waals surface area contributed by atoms with E-state index < -0.39 is 0 Å². The van der Waals surface area contributed by atoms with Crippen LogP contribution in [0.4, 0.5) is 0 Å². The predicted molar refractivity (Wildman–Crippen MR) is 83.4 cm³/mol. The third-order valence-electron chi connectivity index (χ3n) is 4.10. The minimum Gasteiger partial charge on any atom is -0.338 e. The Morgan fingerprint density at radius 2 is 2.00 bits per heavy atom. The molecule has 0 unspecified atom stereocenters. The van der Waals surface area contributed by atoms with Crippen LogP contribution in [0.3, 0.4) is 0 Å². The Kier molecular flexibility index (Phi) is 3.74. The Hall–Kier alpha value is -2.16. The van der Waals surface area contributed by atoms with Gasteiger partial charge in [0.1, 0.15) is 0 Å². The van der Waals surface area contributed by atoms with Gasteiger partial charge in [0.2, 0.25) is 0 Å². The van der Waals surface area contributed by atoms with Gasteiger partial charge in [0.15, 0.2) is 0 Å². The normalized spacial score (nSPS) is 18.0. The second-order valence-electron chi connectivity index (χ2n) is 5.90. The number of benzene rings is 1. The quantitative estimate of drug-likeness (QED) is 0.845. The molecule has 0 radical (unpaired) electrons. The topological polar surface area (TPSA) is 33.2 Å². The lowest BCUT2D eigenvalue weighted by molar-refractivity contribution is 0.0790. The van der Waals surface area contributed by atoms with Crippen molar-refractivity contribution in [3.63, 3.8) is 0 Å². The number of carbonyl (C=O) groups excluding carboxylic acids is 1. The van der Waals surface area contributed by atoms with Crippen molar-refractivity contribution in [3.8, 4) is 0 Å². The summed E-state index contributed by atoms with van der Waals surface area (Å²) in [5.74, 6) is 0.541. The fourth-order valence-corrected chi connectivity index (χ4v) is 3.13. The molecular formula is C18H20N2O. The van der Waals surface area contributed by atoms with Crippen molar-refractivity contribution >= 4 is 5.91 Å². The molecule has 1 amide bonds. The number of hydrogen-bond acceptors (Lipinski definition) is 2. The Morgan fingerprint density at radius 1 is 1.24 bits per heavy atom. The summed E-state index contributed by atoms with van der Waals surface area (Å²) in [4.78, 5) is 18.4. The second kappa shape index (κ2) is 5.68. The molecule has 1 aromatic carbocycles. The molecule has 3 nitrogen and oxygen atoms in total. The molecule has 0 N–H and O–H groups in total. The number of nitrogens with zero attached hydrogens (tertiary/aromatic N) is 2. The van der Waals surface area contributed by atoms with E-state index in [4.69, 9.17) is 0 Å². The molecule has 1 aliphatic heterocycles. The maximum atomic E-state index is 12.4. The van der Waals surface area contributed by atoms with Gasteiger partial charge < -0.3 is 4.90 Å². The van der Waals surface area contributed by atoms with Gasteiger partial charge in [0, 0.05) is 31.4 Å². The van der Waals surface area contributed by atoms with E-state index in [1.165, 1.54) is 16.7 Å². The molecule has 1 aliphatic rings. The monoisotopic (exact) mass is 280 g/mol. The third-order valence-corrected chi connectivity index (χ3v) is 4.10. The van der Waals surface area contributed by atoms with Crippen LogP contribution in [0.5, 0.6) is 0 Å². The zero-order valence-electron chi connectivity index (χ0n) is 12.5. The van der Waals surface area contributed by atoms with E-state index in [-0.39, 0.29) is 5.91 Å². The molecule has 0 spiro atoms. The van der Waals surface area contributed by atoms with Gasteiger partial charge in [-0.3, -0.25) is 9.78 Å². The molecule has 21 heavy (non-hydrogen) atoms. The summed E-state index contributed by atoms with van der Waals surface area (Å²) in [5.41, 5.74) is 4.62. The standard InChI is InChI=1S/C18H20N2O/c1-13-8-14(2)10-17(9-13)16-5-7-20(12-16)18(21)15-4-3-6-19-11-15/h3-4,6,8-11,16H,5,7,12H2,1-2H3/t16-/m1/s1. The molecule has 0 aliphatic carbocycles. The van der Waals surface area contributed by atoms with Gasteiger partial charge >= 0.3 is 0 Å². The summed E-state index contributed by atoms with van der Waals surface area (Å²) in [6.45, 7) is 5.88. The van der Waals surface area contributed by atoms with E-state index in [9.17, 15) is 4.79 Å². The van der Waals surface area contributed by atoms with Gasteiger partial charge in [-0.15, -0.1) is 0 Å². The molecule has 1 saturated heterocycles. The molecule has 0 bridgehead atoms. The molecule has 0 saturated carbocycles. The average molecular weight is 280 g/mol. The smallest absolute Gasteiger partial charge is 0.255 e. The van der Waals surface area contributed by atoms with Crippen LogP contribution in [0.1, 0.15) is 39.4 Å². The predicted octanol–water partition coefficient (Wildman–Crippen LogP) is 3.33. The fourth-order valence-electron chi connectivity index (χ4n) is 3.13. The highest BCUT2D eigenvalue weighted by Crippen LogP contribution is 2.29. The van der Waals surface area contributed by atoms with Crippen LogP contribution in [0.15, 0.2) is 42.7 Å². The van der Waals surface area contributed by atoms with E-state index in [0.717, 1.165) is 19.5 Å². The lowest BCUT2D eigenvalue weighted by atomic mass is 9.95. The number of likely N-dealkylation sites (tertiary alicyclic amines) is 1. The van der Waals surface area contributed by atoms with Gasteiger partial charge in [0.25, 0.3) is 5.91 Å². The zero-order valence-corrected chi connectivity index (χ0v) is 12.5. The first kappa shape index (κ1) is 13.8. The van der Waals surface area contributed by atoms with E-state index >= 15 is 0 Å². The number of aryl methyl sites for hydroxylation is 2. The average Bonchev–Trinajstić information content (AvgIpc) is 2.96. The highest BCUT2D eigenvalue weighted by molar-refractivity contribution is 5.94. The van der Waals surface area contributed by atoms with Crippen molar-refractivity contribution in [2.75, 3.05) is 13.1 Å². The largest absolute Gasteiger partial charge is 0.338 e. The lowest BCUT2D eigenvalue weighted by Crippen LogP contribution is -2.28. The Bertz CT molecular complexity index is 631. The van der Waals surface area contributed by atoms with Gasteiger partial charge in [-0.1, -0.05) is 29.3 Å². The van der Waals surface area contributed by atoms with E-state index in [2.05, 4.69) is 37.0 Å². The van der Waals surface area contributed by atoms with Crippen molar-refractivity contribution < 1.29 is 4.79 Å². The second-order valence-corrected chi connectivity index (χ2v) is 5.90. The van der Waals surface area contributed by atoms with E-state index in [0.29, 0.717) is 11.5 Å². The van der Waals surface area contributed by atoms with Crippen LogP contribution in [0.25, 0.3) is 0 Å². The lowest BCUT2D eigenvalue weighted by Gasteiger charge is -2.17. The summed E-state index contributed by atoms with van der Waals surface area (Å²) >= 11 is 0. The number of hydrogen-bond donors (Lipinski definition) is 0. The van der Waals surface area contributed by atoms with Crippen molar-refractivity contribution in [1.82, 2.24) is 9.88 Å². The van der Waals surface area contributed by atoms with Crippen molar-refractivity contribution in [1.29, 1.82) is 0 Å². The Morgan fingerprint density at radius 3 is 2.67 bits per heavy atom. The summed E-state index contributed by atoms with van der Waals surface area (Å²) in [5, 5.41) is 0. The van der Waals surface area contributed by atoms with Crippen LogP contribution >= 0.6 is 0 Å². The van der Waals surface area contributed by atoms with Gasteiger partial charge in [-0.2, -0.15) is 0 Å². The minimum absolute atomic E-state index is 0.0926. The number of rotatable bonds is 2. The summed E-state index contributed by atoms with van der Waals surface area (Å²) in [6, 6.07) is 10.3. The first-order chi connectivity index (χ1) is 10.1. The van der Waals surface area contributed by atoms with Gasteiger partial charge in [0.05, 0.1) is 5.56 Å². The fraction of sp³-hybridized carbons (Fsp3) is 0.333. The van der Waals surface area contributed by atoms with Crippen LogP contribution in [0.2, 0.25) is 0 Å². The zero-order chi connectivity index (χ0) is 14.8. The number of amides is 1. The van der Waals surface area contributed by atoms with Gasteiger partial charge in [-0.05, 0) is 38.0 Å². The highest BCUT2D eigenvalue weighted by Gasteiger charge is 2.28. The van der Waals surface area contributed by atoms with Crippen LogP contribution in [-0.2, 0) is 0 Å². The molecule has 1 fully saturated rings. The minimum atomic E-state index is 0.0926. The first-order valence-corrected chi connectivity index (χ1v) is 7.41. The molecular weight excluding hydrogens is 260 g/mol. The van der Waals surface area contributed by atoms with Crippen LogP contribution in [-0.4, -0.2) is 28.9 Å². The third kappa shape index (κ3) is 2.97. The van der Waals surface area contributed by atoms with Crippen molar-refractivity contribution in [2.45, 2.75) is 26.2 Å². The number of aromatic nitrogens is 1. The summed E-state index contributed by atoms with van der Waals surface area (Å²) in [6.07, 6.45) is 4.38. The molecule has 3 heteroatoms. The van der Waals surface area contributed by atoms with E-state index in [1.54, 1.807) is 12.4 Å². The maximum Gasteiger partial charge on any atom is 0.255 e.